The van der Waals surface area contributed by atoms with Gasteiger partial charge in [0, 0.05) is 13.1 Å². The second kappa shape index (κ2) is 3.61. The molecular formula is C11H18N4. The molecule has 3 rings (SSSR count). The Morgan fingerprint density at radius 2 is 2.27 bits per heavy atom. The number of nitrogens with zero attached hydrogens (tertiary/aromatic N) is 2. The molecule has 2 aliphatic heterocycles. The SMILES string of the molecule is Cc1nn(C2CCNC2)c2c1CCNC2. The van der Waals surface area contributed by atoms with Gasteiger partial charge in [-0.3, -0.25) is 4.68 Å². The summed E-state index contributed by atoms with van der Waals surface area (Å²) in [6, 6.07) is 0.576. The van der Waals surface area contributed by atoms with Crippen molar-refractivity contribution in [1.82, 2.24) is 20.4 Å². The summed E-state index contributed by atoms with van der Waals surface area (Å²) in [7, 11) is 0. The Labute approximate surface area is 90.0 Å². The Kier molecular flexibility index (Phi) is 2.25. The van der Waals surface area contributed by atoms with Gasteiger partial charge in [-0.15, -0.1) is 0 Å². The van der Waals surface area contributed by atoms with E-state index in [2.05, 4.69) is 22.2 Å². The van der Waals surface area contributed by atoms with E-state index in [0.717, 1.165) is 32.6 Å². The highest BCUT2D eigenvalue weighted by Crippen LogP contribution is 2.23. The van der Waals surface area contributed by atoms with Crippen LogP contribution in [0.5, 0.6) is 0 Å². The normalized spacial score (nSPS) is 25.5. The molecule has 0 bridgehead atoms. The van der Waals surface area contributed by atoms with E-state index in [0.29, 0.717) is 6.04 Å². The van der Waals surface area contributed by atoms with Crippen molar-refractivity contribution in [2.45, 2.75) is 32.4 Å². The molecule has 0 aliphatic carbocycles. The van der Waals surface area contributed by atoms with E-state index in [1.807, 2.05) is 0 Å². The van der Waals surface area contributed by atoms with Crippen molar-refractivity contribution < 1.29 is 0 Å². The zero-order valence-electron chi connectivity index (χ0n) is 9.21. The molecule has 0 spiro atoms. The van der Waals surface area contributed by atoms with E-state index in [1.54, 1.807) is 0 Å². The number of rotatable bonds is 1. The van der Waals surface area contributed by atoms with Crippen molar-refractivity contribution in [3.8, 4) is 0 Å². The molecule has 1 aromatic heterocycles. The van der Waals surface area contributed by atoms with Crippen molar-refractivity contribution in [3.05, 3.63) is 17.0 Å². The van der Waals surface area contributed by atoms with E-state index in [4.69, 9.17) is 5.10 Å². The lowest BCUT2D eigenvalue weighted by Gasteiger charge is -2.18. The van der Waals surface area contributed by atoms with Crippen molar-refractivity contribution in [2.24, 2.45) is 0 Å². The molecule has 1 fully saturated rings. The van der Waals surface area contributed by atoms with Crippen LogP contribution in [0.2, 0.25) is 0 Å². The number of aromatic nitrogens is 2. The van der Waals surface area contributed by atoms with Crippen LogP contribution in [0.1, 0.15) is 29.4 Å². The molecule has 2 aliphatic rings. The lowest BCUT2D eigenvalue weighted by molar-refractivity contribution is 0.454. The maximum absolute atomic E-state index is 4.71. The van der Waals surface area contributed by atoms with E-state index in [9.17, 15) is 0 Å². The fraction of sp³-hybridized carbons (Fsp3) is 0.727. The predicted octanol–water partition coefficient (Wildman–Crippen LogP) is 0.372. The highest BCUT2D eigenvalue weighted by molar-refractivity contribution is 5.28. The van der Waals surface area contributed by atoms with Gasteiger partial charge in [0.25, 0.3) is 0 Å². The molecular weight excluding hydrogens is 188 g/mol. The first-order chi connectivity index (χ1) is 7.36. The monoisotopic (exact) mass is 206 g/mol. The molecule has 1 atom stereocenters. The van der Waals surface area contributed by atoms with Crippen LogP contribution in [0.15, 0.2) is 0 Å². The molecule has 2 N–H and O–H groups in total. The van der Waals surface area contributed by atoms with Gasteiger partial charge in [0.05, 0.1) is 17.4 Å². The van der Waals surface area contributed by atoms with Gasteiger partial charge >= 0.3 is 0 Å². The van der Waals surface area contributed by atoms with Crippen molar-refractivity contribution >= 4 is 0 Å². The van der Waals surface area contributed by atoms with Crippen LogP contribution in [0.4, 0.5) is 0 Å². The zero-order chi connectivity index (χ0) is 10.3. The van der Waals surface area contributed by atoms with Crippen LogP contribution in [-0.2, 0) is 13.0 Å². The van der Waals surface area contributed by atoms with Crippen molar-refractivity contribution in [2.75, 3.05) is 19.6 Å². The Bertz CT molecular complexity index is 363. The summed E-state index contributed by atoms with van der Waals surface area (Å²) in [5.74, 6) is 0. The number of aryl methyl sites for hydroxylation is 1. The molecule has 1 aromatic rings. The lowest BCUT2D eigenvalue weighted by atomic mass is 10.1. The summed E-state index contributed by atoms with van der Waals surface area (Å²) >= 11 is 0. The highest BCUT2D eigenvalue weighted by Gasteiger charge is 2.24. The minimum Gasteiger partial charge on any atom is -0.315 e. The standard InChI is InChI=1S/C11H18N4/c1-8-10-3-5-13-7-11(10)15(14-8)9-2-4-12-6-9/h9,12-13H,2-7H2,1H3. The van der Waals surface area contributed by atoms with Gasteiger partial charge in [-0.25, -0.2) is 0 Å². The van der Waals surface area contributed by atoms with E-state index in [1.165, 1.54) is 23.4 Å². The van der Waals surface area contributed by atoms with Crippen molar-refractivity contribution in [1.29, 1.82) is 0 Å². The van der Waals surface area contributed by atoms with E-state index >= 15 is 0 Å². The maximum atomic E-state index is 4.71. The molecule has 0 radical (unpaired) electrons. The summed E-state index contributed by atoms with van der Waals surface area (Å²) in [4.78, 5) is 0. The fourth-order valence-electron chi connectivity index (χ4n) is 2.71. The Hall–Kier alpha value is -0.870. The van der Waals surface area contributed by atoms with Gasteiger partial charge in [0.15, 0.2) is 0 Å². The molecule has 15 heavy (non-hydrogen) atoms. The molecule has 1 unspecified atom stereocenters. The third kappa shape index (κ3) is 1.48. The minimum atomic E-state index is 0.576. The fourth-order valence-corrected chi connectivity index (χ4v) is 2.71. The summed E-state index contributed by atoms with van der Waals surface area (Å²) in [5, 5.41) is 11.6. The number of fused-ring (bicyclic) bond motifs is 1. The zero-order valence-corrected chi connectivity index (χ0v) is 9.21. The average molecular weight is 206 g/mol. The third-order valence-electron chi connectivity index (χ3n) is 3.54. The van der Waals surface area contributed by atoms with Crippen LogP contribution < -0.4 is 10.6 Å². The number of nitrogens with one attached hydrogen (secondary N) is 2. The highest BCUT2D eigenvalue weighted by atomic mass is 15.3. The van der Waals surface area contributed by atoms with E-state index in [-0.39, 0.29) is 0 Å². The second-order valence-electron chi connectivity index (χ2n) is 4.53. The molecule has 0 aromatic carbocycles. The summed E-state index contributed by atoms with van der Waals surface area (Å²) in [6.45, 7) is 6.44. The van der Waals surface area contributed by atoms with Crippen molar-refractivity contribution in [3.63, 3.8) is 0 Å². The van der Waals surface area contributed by atoms with Crippen LogP contribution in [0.3, 0.4) is 0 Å². The number of hydrogen-bond acceptors (Lipinski definition) is 3. The maximum Gasteiger partial charge on any atom is 0.0659 e. The van der Waals surface area contributed by atoms with Gasteiger partial charge in [0.1, 0.15) is 0 Å². The van der Waals surface area contributed by atoms with Crippen LogP contribution >= 0.6 is 0 Å². The number of hydrogen-bond donors (Lipinski definition) is 2. The van der Waals surface area contributed by atoms with Gasteiger partial charge in [-0.1, -0.05) is 0 Å². The molecule has 82 valence electrons. The quantitative estimate of drug-likeness (QED) is 0.697. The average Bonchev–Trinajstić information content (AvgIpc) is 2.87. The smallest absolute Gasteiger partial charge is 0.0659 e. The van der Waals surface area contributed by atoms with Crippen LogP contribution in [0, 0.1) is 6.92 Å². The molecule has 4 nitrogen and oxygen atoms in total. The Morgan fingerprint density at radius 3 is 3.07 bits per heavy atom. The molecule has 0 amide bonds. The van der Waals surface area contributed by atoms with Crippen LogP contribution in [-0.4, -0.2) is 29.4 Å². The minimum absolute atomic E-state index is 0.576. The first-order valence-electron chi connectivity index (χ1n) is 5.84. The molecule has 3 heterocycles. The van der Waals surface area contributed by atoms with Crippen LogP contribution in [0.25, 0.3) is 0 Å². The predicted molar refractivity (Wildman–Crippen MR) is 58.9 cm³/mol. The topological polar surface area (TPSA) is 41.9 Å². The molecule has 1 saturated heterocycles. The van der Waals surface area contributed by atoms with E-state index < -0.39 is 0 Å². The van der Waals surface area contributed by atoms with Gasteiger partial charge in [-0.2, -0.15) is 5.10 Å². The first kappa shape index (κ1) is 9.36. The van der Waals surface area contributed by atoms with Gasteiger partial charge in [0.2, 0.25) is 0 Å². The first-order valence-corrected chi connectivity index (χ1v) is 5.84. The van der Waals surface area contributed by atoms with Gasteiger partial charge in [-0.05, 0) is 38.4 Å². The molecule has 0 saturated carbocycles. The summed E-state index contributed by atoms with van der Waals surface area (Å²) in [5.41, 5.74) is 4.14. The lowest BCUT2D eigenvalue weighted by Crippen LogP contribution is -2.27. The van der Waals surface area contributed by atoms with Gasteiger partial charge < -0.3 is 10.6 Å². The largest absolute Gasteiger partial charge is 0.315 e. The molecule has 4 heteroatoms. The third-order valence-corrected chi connectivity index (χ3v) is 3.54. The summed E-state index contributed by atoms with van der Waals surface area (Å²) < 4.78 is 2.26. The Balaban J connectivity index is 1.99. The Morgan fingerprint density at radius 1 is 1.33 bits per heavy atom. The second-order valence-corrected chi connectivity index (χ2v) is 4.53. The summed E-state index contributed by atoms with van der Waals surface area (Å²) in [6.07, 6.45) is 2.36.